The predicted molar refractivity (Wildman–Crippen MR) is 112 cm³/mol. The number of hydrogen-bond acceptors (Lipinski definition) is 5. The number of guanidine groups is 1. The molecule has 2 rings (SSSR count). The minimum Gasteiger partial charge on any atom is -0.469 e. The molecule has 2 heterocycles. The first-order valence-corrected chi connectivity index (χ1v) is 8.74. The van der Waals surface area contributed by atoms with Crippen LogP contribution in [0.3, 0.4) is 0 Å². The van der Waals surface area contributed by atoms with Gasteiger partial charge in [-0.05, 0) is 39.3 Å². The Labute approximate surface area is 172 Å². The van der Waals surface area contributed by atoms with Gasteiger partial charge in [0.25, 0.3) is 0 Å². The van der Waals surface area contributed by atoms with Crippen LogP contribution in [-0.4, -0.2) is 37.2 Å². The minimum absolute atomic E-state index is 0. The molecule has 2 aromatic heterocycles. The van der Waals surface area contributed by atoms with Crippen molar-refractivity contribution in [3.05, 3.63) is 41.5 Å². The minimum atomic E-state index is 0. The van der Waals surface area contributed by atoms with Crippen molar-refractivity contribution in [1.82, 2.24) is 15.6 Å². The van der Waals surface area contributed by atoms with Gasteiger partial charge in [-0.3, -0.25) is 0 Å². The molecule has 8 heteroatoms. The van der Waals surface area contributed by atoms with E-state index in [4.69, 9.17) is 13.6 Å². The monoisotopic (exact) mass is 476 g/mol. The number of oxazole rings is 1. The summed E-state index contributed by atoms with van der Waals surface area (Å²) < 4.78 is 16.3. The van der Waals surface area contributed by atoms with Crippen molar-refractivity contribution in [2.75, 3.05) is 26.3 Å². The molecule has 0 spiro atoms. The summed E-state index contributed by atoms with van der Waals surface area (Å²) in [5, 5.41) is 6.62. The summed E-state index contributed by atoms with van der Waals surface area (Å²) in [5.41, 5.74) is 0.905. The second-order valence-electron chi connectivity index (χ2n) is 5.65. The fourth-order valence-corrected chi connectivity index (χ4v) is 2.21. The summed E-state index contributed by atoms with van der Waals surface area (Å²) in [7, 11) is 0. The van der Waals surface area contributed by atoms with Crippen molar-refractivity contribution >= 4 is 29.9 Å². The molecule has 7 nitrogen and oxygen atoms in total. The molecule has 26 heavy (non-hydrogen) atoms. The Hall–Kier alpha value is -1.55. The van der Waals surface area contributed by atoms with Crippen LogP contribution in [0.4, 0.5) is 0 Å². The first-order valence-electron chi connectivity index (χ1n) is 8.74. The Morgan fingerprint density at radius 1 is 1.27 bits per heavy atom. The molecular weight excluding hydrogens is 447 g/mol. The van der Waals surface area contributed by atoms with Crippen LogP contribution in [0.2, 0.25) is 0 Å². The van der Waals surface area contributed by atoms with Gasteiger partial charge in [0.2, 0.25) is 5.89 Å². The molecule has 0 aliphatic heterocycles. The molecule has 0 bridgehead atoms. The first-order chi connectivity index (χ1) is 12.2. The molecule has 0 aromatic carbocycles. The molecule has 0 atom stereocenters. The topological polar surface area (TPSA) is 84.8 Å². The van der Waals surface area contributed by atoms with Crippen LogP contribution in [0.1, 0.15) is 36.4 Å². The average molecular weight is 476 g/mol. The molecule has 146 valence electrons. The molecule has 0 radical (unpaired) electrons. The number of halogens is 1. The zero-order valence-electron chi connectivity index (χ0n) is 15.7. The fourth-order valence-electron chi connectivity index (χ4n) is 2.21. The summed E-state index contributed by atoms with van der Waals surface area (Å²) in [5.74, 6) is 3.14. The molecule has 0 aliphatic rings. The number of rotatable bonds is 10. The maximum absolute atomic E-state index is 5.58. The molecule has 0 aliphatic carbocycles. The quantitative estimate of drug-likeness (QED) is 0.237. The number of furan rings is 1. The van der Waals surface area contributed by atoms with Crippen LogP contribution in [0, 0.1) is 13.8 Å². The molecule has 0 saturated heterocycles. The maximum atomic E-state index is 5.58. The van der Waals surface area contributed by atoms with Gasteiger partial charge in [-0.2, -0.15) is 0 Å². The highest BCUT2D eigenvalue weighted by molar-refractivity contribution is 14.0. The average Bonchev–Trinajstić information content (AvgIpc) is 3.22. The molecular formula is C18H29IN4O3. The molecule has 0 fully saturated rings. The van der Waals surface area contributed by atoms with E-state index in [0.717, 1.165) is 62.3 Å². The highest BCUT2D eigenvalue weighted by Crippen LogP contribution is 2.08. The maximum Gasteiger partial charge on any atom is 0.216 e. The van der Waals surface area contributed by atoms with Crippen LogP contribution in [0.15, 0.2) is 32.2 Å². The van der Waals surface area contributed by atoms with Gasteiger partial charge < -0.3 is 24.2 Å². The highest BCUT2D eigenvalue weighted by Gasteiger charge is 2.06. The molecule has 2 N–H and O–H groups in total. The lowest BCUT2D eigenvalue weighted by molar-refractivity contribution is 0.145. The smallest absolute Gasteiger partial charge is 0.216 e. The van der Waals surface area contributed by atoms with Crippen molar-refractivity contribution in [1.29, 1.82) is 0 Å². The number of nitrogens with zero attached hydrogens (tertiary/aromatic N) is 2. The number of hydrogen-bond donors (Lipinski definition) is 2. The number of aromatic nitrogens is 1. The lowest BCUT2D eigenvalue weighted by atomic mass is 10.3. The summed E-state index contributed by atoms with van der Waals surface area (Å²) in [6.07, 6.45) is 3.40. The molecule has 0 amide bonds. The third-order valence-corrected chi connectivity index (χ3v) is 3.65. The van der Waals surface area contributed by atoms with E-state index in [0.29, 0.717) is 12.4 Å². The lowest BCUT2D eigenvalue weighted by Gasteiger charge is -2.12. The molecule has 0 unspecified atom stereocenters. The van der Waals surface area contributed by atoms with Crippen LogP contribution in [0.5, 0.6) is 0 Å². The summed E-state index contributed by atoms with van der Waals surface area (Å²) >= 11 is 0. The zero-order chi connectivity index (χ0) is 17.9. The van der Waals surface area contributed by atoms with Crippen molar-refractivity contribution in [3.8, 4) is 0 Å². The van der Waals surface area contributed by atoms with Crippen molar-refractivity contribution in [2.24, 2.45) is 4.99 Å². The van der Waals surface area contributed by atoms with E-state index in [-0.39, 0.29) is 24.0 Å². The standard InChI is InChI=1S/C18H28N4O3.HI/c1-4-23-11-6-9-19-18(20-10-8-16-7-5-12-24-16)21-13-17-22-14(2)15(3)25-17;/h5,7,12H,4,6,8-11,13H2,1-3H3,(H2,19,20,21);1H. The Balaban J connectivity index is 0.00000338. The van der Waals surface area contributed by atoms with Crippen LogP contribution < -0.4 is 10.6 Å². The van der Waals surface area contributed by atoms with Gasteiger partial charge in [-0.15, -0.1) is 24.0 Å². The largest absolute Gasteiger partial charge is 0.469 e. The van der Waals surface area contributed by atoms with E-state index in [1.165, 1.54) is 0 Å². The van der Waals surface area contributed by atoms with E-state index in [2.05, 4.69) is 20.6 Å². The Bertz CT molecular complexity index is 621. The molecule has 2 aromatic rings. The van der Waals surface area contributed by atoms with Crippen molar-refractivity contribution in [3.63, 3.8) is 0 Å². The SMILES string of the molecule is CCOCCCNC(=NCc1nc(C)c(C)o1)NCCc1ccco1.I. The van der Waals surface area contributed by atoms with Gasteiger partial charge in [0.05, 0.1) is 12.0 Å². The van der Waals surface area contributed by atoms with Gasteiger partial charge in [-0.25, -0.2) is 9.98 Å². The fraction of sp³-hybridized carbons (Fsp3) is 0.556. The van der Waals surface area contributed by atoms with E-state index < -0.39 is 0 Å². The summed E-state index contributed by atoms with van der Waals surface area (Å²) in [4.78, 5) is 8.91. The predicted octanol–water partition coefficient (Wildman–Crippen LogP) is 3.21. The number of nitrogens with one attached hydrogen (secondary N) is 2. The van der Waals surface area contributed by atoms with E-state index in [1.807, 2.05) is 32.9 Å². The normalized spacial score (nSPS) is 11.3. The second kappa shape index (κ2) is 12.7. The highest BCUT2D eigenvalue weighted by atomic mass is 127. The molecule has 0 saturated carbocycles. The van der Waals surface area contributed by atoms with Crippen molar-refractivity contribution < 1.29 is 13.6 Å². The van der Waals surface area contributed by atoms with Gasteiger partial charge in [0.1, 0.15) is 18.1 Å². The van der Waals surface area contributed by atoms with E-state index >= 15 is 0 Å². The van der Waals surface area contributed by atoms with E-state index in [9.17, 15) is 0 Å². The van der Waals surface area contributed by atoms with E-state index in [1.54, 1.807) is 6.26 Å². The summed E-state index contributed by atoms with van der Waals surface area (Å²) in [6, 6.07) is 3.86. The van der Waals surface area contributed by atoms with Crippen LogP contribution >= 0.6 is 24.0 Å². The van der Waals surface area contributed by atoms with Gasteiger partial charge >= 0.3 is 0 Å². The number of aryl methyl sites for hydroxylation is 2. The van der Waals surface area contributed by atoms with Gasteiger partial charge in [0.15, 0.2) is 5.96 Å². The number of ether oxygens (including phenoxy) is 1. The van der Waals surface area contributed by atoms with Gasteiger partial charge in [0, 0.05) is 32.7 Å². The second-order valence-corrected chi connectivity index (χ2v) is 5.65. The third kappa shape index (κ3) is 8.22. The third-order valence-electron chi connectivity index (χ3n) is 3.65. The van der Waals surface area contributed by atoms with Crippen LogP contribution in [-0.2, 0) is 17.7 Å². The van der Waals surface area contributed by atoms with Gasteiger partial charge in [-0.1, -0.05) is 0 Å². The first kappa shape index (κ1) is 22.5. The zero-order valence-corrected chi connectivity index (χ0v) is 18.0. The Kier molecular flexibility index (Phi) is 11.0. The lowest BCUT2D eigenvalue weighted by Crippen LogP contribution is -2.39. The Morgan fingerprint density at radius 3 is 2.73 bits per heavy atom. The number of aliphatic imine (C=N–C) groups is 1. The van der Waals surface area contributed by atoms with Crippen molar-refractivity contribution in [2.45, 2.75) is 40.2 Å². The Morgan fingerprint density at radius 2 is 2.08 bits per heavy atom. The van der Waals surface area contributed by atoms with Crippen LogP contribution in [0.25, 0.3) is 0 Å². The summed E-state index contributed by atoms with van der Waals surface area (Å²) in [6.45, 7) is 9.23.